The molecule has 0 aromatic heterocycles. The van der Waals surface area contributed by atoms with Gasteiger partial charge < -0.3 is 24.8 Å². The van der Waals surface area contributed by atoms with Crippen molar-refractivity contribution in [2.45, 2.75) is 39.2 Å². The van der Waals surface area contributed by atoms with E-state index in [0.717, 1.165) is 42.9 Å². The SMILES string of the molecule is CCCNCc1c(OC)cc(OCCCCC(=O)NC)cc1OC. The number of hydrogen-bond acceptors (Lipinski definition) is 5. The lowest BCUT2D eigenvalue weighted by Crippen LogP contribution is -2.17. The van der Waals surface area contributed by atoms with Gasteiger partial charge in [0.25, 0.3) is 0 Å². The van der Waals surface area contributed by atoms with Crippen LogP contribution in [0.5, 0.6) is 17.2 Å². The zero-order chi connectivity index (χ0) is 17.8. The smallest absolute Gasteiger partial charge is 0.219 e. The second kappa shape index (κ2) is 11.6. The number of carbonyl (C=O) groups excluding carboxylic acids is 1. The first-order chi connectivity index (χ1) is 11.7. The highest BCUT2D eigenvalue weighted by Gasteiger charge is 2.13. The maximum absolute atomic E-state index is 11.2. The standard InChI is InChI=1S/C18H30N2O4/c1-5-9-20-13-15-16(22-3)11-14(12-17(15)23-4)24-10-7-6-8-18(21)19-2/h11-12,20H,5-10,13H2,1-4H3,(H,19,21). The van der Waals surface area contributed by atoms with Gasteiger partial charge in [-0.2, -0.15) is 0 Å². The molecule has 1 aromatic carbocycles. The lowest BCUT2D eigenvalue weighted by atomic mass is 10.1. The second-order valence-electron chi connectivity index (χ2n) is 5.46. The number of nitrogens with one attached hydrogen (secondary N) is 2. The summed E-state index contributed by atoms with van der Waals surface area (Å²) in [5.74, 6) is 2.27. The van der Waals surface area contributed by atoms with Crippen LogP contribution in [-0.2, 0) is 11.3 Å². The van der Waals surface area contributed by atoms with E-state index in [1.165, 1.54) is 0 Å². The minimum Gasteiger partial charge on any atom is -0.496 e. The van der Waals surface area contributed by atoms with Gasteiger partial charge in [0.2, 0.25) is 5.91 Å². The van der Waals surface area contributed by atoms with Crippen LogP contribution < -0.4 is 24.8 Å². The van der Waals surface area contributed by atoms with E-state index in [1.54, 1.807) is 21.3 Å². The van der Waals surface area contributed by atoms with Gasteiger partial charge in [-0.25, -0.2) is 0 Å². The first-order valence-electron chi connectivity index (χ1n) is 8.45. The maximum atomic E-state index is 11.2. The number of rotatable bonds is 12. The van der Waals surface area contributed by atoms with Crippen molar-refractivity contribution in [2.75, 3.05) is 34.4 Å². The van der Waals surface area contributed by atoms with E-state index in [-0.39, 0.29) is 5.91 Å². The fourth-order valence-corrected chi connectivity index (χ4v) is 2.31. The Kier molecular flexibility index (Phi) is 9.68. The van der Waals surface area contributed by atoms with Gasteiger partial charge >= 0.3 is 0 Å². The van der Waals surface area contributed by atoms with Crippen molar-refractivity contribution in [1.29, 1.82) is 0 Å². The molecular weight excluding hydrogens is 308 g/mol. The van der Waals surface area contributed by atoms with Gasteiger partial charge in [-0.15, -0.1) is 0 Å². The first kappa shape index (κ1) is 20.1. The summed E-state index contributed by atoms with van der Waals surface area (Å²) in [4.78, 5) is 11.2. The molecule has 0 radical (unpaired) electrons. The van der Waals surface area contributed by atoms with Crippen molar-refractivity contribution in [3.8, 4) is 17.2 Å². The largest absolute Gasteiger partial charge is 0.496 e. The zero-order valence-corrected chi connectivity index (χ0v) is 15.2. The molecule has 136 valence electrons. The fraction of sp³-hybridized carbons (Fsp3) is 0.611. The summed E-state index contributed by atoms with van der Waals surface area (Å²) < 4.78 is 16.7. The molecular formula is C18H30N2O4. The van der Waals surface area contributed by atoms with E-state index in [1.807, 2.05) is 12.1 Å². The minimum atomic E-state index is 0.0577. The van der Waals surface area contributed by atoms with Gasteiger partial charge in [-0.05, 0) is 25.8 Å². The normalized spacial score (nSPS) is 10.3. The minimum absolute atomic E-state index is 0.0577. The lowest BCUT2D eigenvalue weighted by molar-refractivity contribution is -0.120. The van der Waals surface area contributed by atoms with Gasteiger partial charge in [0, 0.05) is 32.1 Å². The van der Waals surface area contributed by atoms with Crippen molar-refractivity contribution < 1.29 is 19.0 Å². The molecule has 0 saturated carbocycles. The summed E-state index contributed by atoms with van der Waals surface area (Å²) in [5, 5.41) is 5.97. The molecule has 0 aliphatic rings. The molecule has 24 heavy (non-hydrogen) atoms. The molecule has 6 nitrogen and oxygen atoms in total. The van der Waals surface area contributed by atoms with Crippen LogP contribution in [0.25, 0.3) is 0 Å². The van der Waals surface area contributed by atoms with Crippen LogP contribution in [0.4, 0.5) is 0 Å². The lowest BCUT2D eigenvalue weighted by Gasteiger charge is -2.16. The molecule has 0 unspecified atom stereocenters. The predicted octanol–water partition coefficient (Wildman–Crippen LogP) is 2.50. The number of unbranched alkanes of at least 4 members (excludes halogenated alkanes) is 1. The molecule has 1 aromatic rings. The molecule has 0 heterocycles. The molecule has 0 bridgehead atoms. The number of ether oxygens (including phenoxy) is 3. The summed E-state index contributed by atoms with van der Waals surface area (Å²) in [5.41, 5.74) is 0.986. The van der Waals surface area contributed by atoms with E-state index in [0.29, 0.717) is 25.3 Å². The van der Waals surface area contributed by atoms with Gasteiger partial charge in [-0.1, -0.05) is 6.92 Å². The molecule has 6 heteroatoms. The number of carbonyl (C=O) groups is 1. The first-order valence-corrected chi connectivity index (χ1v) is 8.45. The van der Waals surface area contributed by atoms with Crippen molar-refractivity contribution in [3.63, 3.8) is 0 Å². The number of benzene rings is 1. The van der Waals surface area contributed by atoms with E-state index < -0.39 is 0 Å². The monoisotopic (exact) mass is 338 g/mol. The van der Waals surface area contributed by atoms with E-state index in [2.05, 4.69) is 17.6 Å². The highest BCUT2D eigenvalue weighted by Crippen LogP contribution is 2.34. The highest BCUT2D eigenvalue weighted by molar-refractivity contribution is 5.75. The van der Waals surface area contributed by atoms with Crippen molar-refractivity contribution in [3.05, 3.63) is 17.7 Å². The summed E-state index contributed by atoms with van der Waals surface area (Å²) in [6.07, 6.45) is 3.21. The topological polar surface area (TPSA) is 68.8 Å². The molecule has 0 spiro atoms. The van der Waals surface area contributed by atoms with E-state index in [9.17, 15) is 4.79 Å². The van der Waals surface area contributed by atoms with E-state index >= 15 is 0 Å². The predicted molar refractivity (Wildman–Crippen MR) is 95.0 cm³/mol. The molecule has 1 amide bonds. The molecule has 1 rings (SSSR count). The molecule has 0 aliphatic heterocycles. The third kappa shape index (κ3) is 6.66. The average Bonchev–Trinajstić information content (AvgIpc) is 2.61. The quantitative estimate of drug-likeness (QED) is 0.573. The zero-order valence-electron chi connectivity index (χ0n) is 15.2. The molecule has 0 aliphatic carbocycles. The Morgan fingerprint density at radius 3 is 2.33 bits per heavy atom. The molecule has 0 fully saturated rings. The van der Waals surface area contributed by atoms with Crippen molar-refractivity contribution in [1.82, 2.24) is 10.6 Å². The van der Waals surface area contributed by atoms with Crippen LogP contribution >= 0.6 is 0 Å². The number of amides is 1. The Bertz CT molecular complexity index is 481. The average molecular weight is 338 g/mol. The molecule has 2 N–H and O–H groups in total. The Labute approximate surface area is 144 Å². The maximum Gasteiger partial charge on any atom is 0.219 e. The van der Waals surface area contributed by atoms with Crippen molar-refractivity contribution >= 4 is 5.91 Å². The van der Waals surface area contributed by atoms with Gasteiger partial charge in [0.15, 0.2) is 0 Å². The molecule has 0 saturated heterocycles. The Balaban J connectivity index is 2.63. The van der Waals surface area contributed by atoms with Crippen molar-refractivity contribution in [2.24, 2.45) is 0 Å². The second-order valence-corrected chi connectivity index (χ2v) is 5.46. The highest BCUT2D eigenvalue weighted by atomic mass is 16.5. The van der Waals surface area contributed by atoms with Gasteiger partial charge in [-0.3, -0.25) is 4.79 Å². The molecule has 0 atom stereocenters. The number of hydrogen-bond donors (Lipinski definition) is 2. The van der Waals surface area contributed by atoms with Crippen LogP contribution in [0.1, 0.15) is 38.2 Å². The van der Waals surface area contributed by atoms with Gasteiger partial charge in [0.05, 0.1) is 26.4 Å². The van der Waals surface area contributed by atoms with Crippen LogP contribution in [0.15, 0.2) is 12.1 Å². The summed E-state index contributed by atoms with van der Waals surface area (Å²) in [6, 6.07) is 3.76. The van der Waals surface area contributed by atoms with Gasteiger partial charge in [0.1, 0.15) is 17.2 Å². The summed E-state index contributed by atoms with van der Waals surface area (Å²) >= 11 is 0. The Morgan fingerprint density at radius 1 is 1.12 bits per heavy atom. The Morgan fingerprint density at radius 2 is 1.79 bits per heavy atom. The third-order valence-electron chi connectivity index (χ3n) is 3.66. The summed E-state index contributed by atoms with van der Waals surface area (Å²) in [6.45, 7) is 4.31. The van der Waals surface area contributed by atoms with Crippen LogP contribution in [0, 0.1) is 0 Å². The van der Waals surface area contributed by atoms with Crippen LogP contribution in [-0.4, -0.2) is 40.3 Å². The fourth-order valence-electron chi connectivity index (χ4n) is 2.31. The Hall–Kier alpha value is -1.95. The third-order valence-corrected chi connectivity index (χ3v) is 3.66. The summed E-state index contributed by atoms with van der Waals surface area (Å²) in [7, 11) is 4.94. The number of methoxy groups -OCH3 is 2. The van der Waals surface area contributed by atoms with Crippen LogP contribution in [0.3, 0.4) is 0 Å². The van der Waals surface area contributed by atoms with Crippen LogP contribution in [0.2, 0.25) is 0 Å². The van der Waals surface area contributed by atoms with E-state index in [4.69, 9.17) is 14.2 Å².